The van der Waals surface area contributed by atoms with E-state index in [-0.39, 0.29) is 0 Å². The summed E-state index contributed by atoms with van der Waals surface area (Å²) in [6, 6.07) is 0.788. The van der Waals surface area contributed by atoms with Crippen LogP contribution in [-0.2, 0) is 4.74 Å². The van der Waals surface area contributed by atoms with Crippen molar-refractivity contribution < 1.29 is 4.74 Å². The van der Waals surface area contributed by atoms with Gasteiger partial charge in [0.2, 0.25) is 0 Å². The van der Waals surface area contributed by atoms with Crippen molar-refractivity contribution in [2.24, 2.45) is 5.41 Å². The van der Waals surface area contributed by atoms with Gasteiger partial charge < -0.3 is 10.1 Å². The van der Waals surface area contributed by atoms with Crippen LogP contribution < -0.4 is 5.32 Å². The Morgan fingerprint density at radius 2 is 2.00 bits per heavy atom. The van der Waals surface area contributed by atoms with Crippen molar-refractivity contribution in [1.29, 1.82) is 0 Å². The van der Waals surface area contributed by atoms with Gasteiger partial charge in [0.05, 0.1) is 6.10 Å². The van der Waals surface area contributed by atoms with Crippen LogP contribution in [0.4, 0.5) is 0 Å². The zero-order chi connectivity index (χ0) is 11.4. The van der Waals surface area contributed by atoms with Crippen LogP contribution in [0.5, 0.6) is 0 Å². The van der Waals surface area contributed by atoms with Gasteiger partial charge in [0.15, 0.2) is 0 Å². The van der Waals surface area contributed by atoms with E-state index in [1.807, 2.05) is 0 Å². The quantitative estimate of drug-likeness (QED) is 0.776. The summed E-state index contributed by atoms with van der Waals surface area (Å²) in [5, 5.41) is 3.74. The van der Waals surface area contributed by atoms with Crippen molar-refractivity contribution in [2.75, 3.05) is 13.2 Å². The summed E-state index contributed by atoms with van der Waals surface area (Å²) in [4.78, 5) is 0. The van der Waals surface area contributed by atoms with Crippen molar-refractivity contribution in [1.82, 2.24) is 5.32 Å². The van der Waals surface area contributed by atoms with E-state index in [2.05, 4.69) is 19.2 Å². The Hall–Kier alpha value is -0.0800. The minimum atomic E-state index is 0.367. The molecule has 2 nitrogen and oxygen atoms in total. The lowest BCUT2D eigenvalue weighted by Crippen LogP contribution is -2.55. The van der Waals surface area contributed by atoms with E-state index >= 15 is 0 Å². The molecule has 2 atom stereocenters. The SMILES string of the molecule is CCOC(C)CNC1CCC12CCCCC2. The van der Waals surface area contributed by atoms with Crippen LogP contribution in [0.25, 0.3) is 0 Å². The van der Waals surface area contributed by atoms with Gasteiger partial charge in [-0.1, -0.05) is 19.3 Å². The average Bonchev–Trinajstić information content (AvgIpc) is 2.29. The number of hydrogen-bond donors (Lipinski definition) is 1. The van der Waals surface area contributed by atoms with E-state index in [1.165, 1.54) is 44.9 Å². The molecule has 0 heterocycles. The van der Waals surface area contributed by atoms with Gasteiger partial charge in [-0.25, -0.2) is 0 Å². The van der Waals surface area contributed by atoms with Gasteiger partial charge in [0.25, 0.3) is 0 Å². The largest absolute Gasteiger partial charge is 0.377 e. The van der Waals surface area contributed by atoms with Crippen molar-refractivity contribution in [3.05, 3.63) is 0 Å². The van der Waals surface area contributed by atoms with E-state index in [1.54, 1.807) is 0 Å². The van der Waals surface area contributed by atoms with Crippen molar-refractivity contribution in [2.45, 2.75) is 70.9 Å². The van der Waals surface area contributed by atoms with Gasteiger partial charge in [-0.3, -0.25) is 0 Å². The normalized spacial score (nSPS) is 30.0. The first kappa shape index (κ1) is 12.4. The minimum absolute atomic E-state index is 0.367. The van der Waals surface area contributed by atoms with E-state index < -0.39 is 0 Å². The third-order valence-electron chi connectivity index (χ3n) is 4.62. The molecule has 0 amide bonds. The van der Waals surface area contributed by atoms with Gasteiger partial charge in [-0.2, -0.15) is 0 Å². The second kappa shape index (κ2) is 5.50. The fraction of sp³-hybridized carbons (Fsp3) is 1.00. The first-order valence-electron chi connectivity index (χ1n) is 7.12. The summed E-state index contributed by atoms with van der Waals surface area (Å²) < 4.78 is 5.57. The standard InChI is InChI=1S/C14H27NO/c1-3-16-12(2)11-15-13-7-10-14(13)8-5-4-6-9-14/h12-13,15H,3-11H2,1-2H3. The van der Waals surface area contributed by atoms with Gasteiger partial charge >= 0.3 is 0 Å². The van der Waals surface area contributed by atoms with Crippen LogP contribution in [-0.4, -0.2) is 25.3 Å². The number of hydrogen-bond acceptors (Lipinski definition) is 2. The molecule has 16 heavy (non-hydrogen) atoms. The second-order valence-electron chi connectivity index (χ2n) is 5.69. The molecule has 0 radical (unpaired) electrons. The summed E-state index contributed by atoms with van der Waals surface area (Å²) in [6.07, 6.45) is 10.5. The minimum Gasteiger partial charge on any atom is -0.377 e. The number of ether oxygens (including phenoxy) is 1. The molecule has 2 aliphatic carbocycles. The molecule has 2 unspecified atom stereocenters. The third kappa shape index (κ3) is 2.60. The highest BCUT2D eigenvalue weighted by Gasteiger charge is 2.46. The topological polar surface area (TPSA) is 21.3 Å². The molecule has 94 valence electrons. The zero-order valence-electron chi connectivity index (χ0n) is 10.9. The Bertz CT molecular complexity index is 211. The first-order chi connectivity index (χ1) is 7.77. The molecule has 2 rings (SSSR count). The first-order valence-corrected chi connectivity index (χ1v) is 7.12. The highest BCUT2D eigenvalue weighted by molar-refractivity contribution is 5.01. The maximum absolute atomic E-state index is 5.57. The lowest BCUT2D eigenvalue weighted by molar-refractivity contribution is 0.00813. The molecule has 0 aromatic rings. The Labute approximate surface area is 100 Å². The van der Waals surface area contributed by atoms with Gasteiger partial charge in [-0.15, -0.1) is 0 Å². The van der Waals surface area contributed by atoms with Gasteiger partial charge in [-0.05, 0) is 44.9 Å². The van der Waals surface area contributed by atoms with Crippen LogP contribution in [0.3, 0.4) is 0 Å². The average molecular weight is 225 g/mol. The number of rotatable bonds is 5. The lowest BCUT2D eigenvalue weighted by Gasteiger charge is -2.53. The summed E-state index contributed by atoms with van der Waals surface area (Å²) in [7, 11) is 0. The van der Waals surface area contributed by atoms with Crippen LogP contribution in [0.2, 0.25) is 0 Å². The lowest BCUT2D eigenvalue weighted by atomic mass is 9.57. The van der Waals surface area contributed by atoms with E-state index in [0.29, 0.717) is 11.5 Å². The van der Waals surface area contributed by atoms with Crippen LogP contribution >= 0.6 is 0 Å². The predicted octanol–water partition coefficient (Wildman–Crippen LogP) is 3.11. The fourth-order valence-corrected chi connectivity index (χ4v) is 3.52. The fourth-order valence-electron chi connectivity index (χ4n) is 3.52. The van der Waals surface area contributed by atoms with Crippen molar-refractivity contribution in [3.63, 3.8) is 0 Å². The molecule has 0 aromatic carbocycles. The summed E-state index contributed by atoms with van der Waals surface area (Å²) in [5.41, 5.74) is 0.685. The van der Waals surface area contributed by atoms with E-state index in [4.69, 9.17) is 4.74 Å². The zero-order valence-corrected chi connectivity index (χ0v) is 10.9. The second-order valence-corrected chi connectivity index (χ2v) is 5.69. The molecule has 0 aromatic heterocycles. The van der Waals surface area contributed by atoms with Crippen LogP contribution in [0, 0.1) is 5.41 Å². The third-order valence-corrected chi connectivity index (χ3v) is 4.62. The van der Waals surface area contributed by atoms with Gasteiger partial charge in [0.1, 0.15) is 0 Å². The maximum Gasteiger partial charge on any atom is 0.0671 e. The highest BCUT2D eigenvalue weighted by Crippen LogP contribution is 2.51. The van der Waals surface area contributed by atoms with E-state index in [0.717, 1.165) is 19.2 Å². The summed E-state index contributed by atoms with van der Waals surface area (Å²) in [6.45, 7) is 6.10. The molecular weight excluding hydrogens is 198 g/mol. The van der Waals surface area contributed by atoms with Crippen LogP contribution in [0.15, 0.2) is 0 Å². The Balaban J connectivity index is 1.73. The summed E-state index contributed by atoms with van der Waals surface area (Å²) >= 11 is 0. The van der Waals surface area contributed by atoms with Crippen LogP contribution in [0.1, 0.15) is 58.8 Å². The summed E-state index contributed by atoms with van der Waals surface area (Å²) in [5.74, 6) is 0. The smallest absolute Gasteiger partial charge is 0.0671 e. The molecule has 0 aliphatic heterocycles. The molecule has 2 fully saturated rings. The van der Waals surface area contributed by atoms with Gasteiger partial charge in [0, 0.05) is 19.2 Å². The molecule has 2 aliphatic rings. The molecule has 0 saturated heterocycles. The predicted molar refractivity (Wildman–Crippen MR) is 67.6 cm³/mol. The number of nitrogens with one attached hydrogen (secondary N) is 1. The molecule has 1 N–H and O–H groups in total. The highest BCUT2D eigenvalue weighted by atomic mass is 16.5. The Morgan fingerprint density at radius 3 is 2.56 bits per heavy atom. The Kier molecular flexibility index (Phi) is 4.26. The van der Waals surface area contributed by atoms with Crippen molar-refractivity contribution >= 4 is 0 Å². The molecule has 2 heteroatoms. The molecule has 0 bridgehead atoms. The molecule has 1 spiro atoms. The Morgan fingerprint density at radius 1 is 1.25 bits per heavy atom. The monoisotopic (exact) mass is 225 g/mol. The maximum atomic E-state index is 5.57. The molecular formula is C14H27NO. The van der Waals surface area contributed by atoms with Crippen molar-refractivity contribution in [3.8, 4) is 0 Å². The molecule has 2 saturated carbocycles. The van der Waals surface area contributed by atoms with E-state index in [9.17, 15) is 0 Å².